The van der Waals surface area contributed by atoms with Gasteiger partial charge in [-0.25, -0.2) is 4.98 Å². The molecule has 25 heavy (non-hydrogen) atoms. The van der Waals surface area contributed by atoms with Gasteiger partial charge in [0.15, 0.2) is 0 Å². The second kappa shape index (κ2) is 6.63. The second-order valence-corrected chi connectivity index (χ2v) is 7.12. The summed E-state index contributed by atoms with van der Waals surface area (Å²) >= 11 is 0. The molecule has 3 aliphatic rings. The summed E-state index contributed by atoms with van der Waals surface area (Å²) in [5.74, 6) is -1.00. The molecule has 1 aliphatic carbocycles. The molecule has 0 spiro atoms. The molecule has 134 valence electrons. The fourth-order valence-corrected chi connectivity index (χ4v) is 3.78. The largest absolute Gasteiger partial charge is 0.481 e. The predicted octanol–water partition coefficient (Wildman–Crippen LogP) is 1.57. The fourth-order valence-electron chi connectivity index (χ4n) is 3.78. The van der Waals surface area contributed by atoms with Crippen LogP contribution in [0.15, 0.2) is 18.3 Å². The van der Waals surface area contributed by atoms with E-state index in [0.717, 1.165) is 19.3 Å². The first kappa shape index (κ1) is 16.3. The van der Waals surface area contributed by atoms with Crippen molar-refractivity contribution >= 4 is 11.9 Å². The average molecular weight is 346 g/mol. The van der Waals surface area contributed by atoms with Gasteiger partial charge >= 0.3 is 5.97 Å². The molecule has 7 heteroatoms. The van der Waals surface area contributed by atoms with E-state index in [4.69, 9.17) is 9.47 Å². The van der Waals surface area contributed by atoms with Crippen LogP contribution in [-0.2, 0) is 9.53 Å². The number of aliphatic carboxylic acids is 1. The van der Waals surface area contributed by atoms with E-state index in [0.29, 0.717) is 31.1 Å². The number of hydrogen-bond acceptors (Lipinski definition) is 5. The van der Waals surface area contributed by atoms with Crippen molar-refractivity contribution in [2.24, 2.45) is 11.8 Å². The highest BCUT2D eigenvalue weighted by molar-refractivity contribution is 5.95. The third-order valence-electron chi connectivity index (χ3n) is 5.24. The Labute approximate surface area is 145 Å². The molecule has 1 aromatic heterocycles. The van der Waals surface area contributed by atoms with Crippen LogP contribution in [0.25, 0.3) is 0 Å². The van der Waals surface area contributed by atoms with Crippen LogP contribution < -0.4 is 4.74 Å². The normalized spacial score (nSPS) is 29.0. The lowest BCUT2D eigenvalue weighted by atomic mass is 9.80. The first-order chi connectivity index (χ1) is 12.1. The van der Waals surface area contributed by atoms with Crippen molar-refractivity contribution in [3.8, 4) is 5.88 Å². The first-order valence-corrected chi connectivity index (χ1v) is 8.86. The molecule has 2 aliphatic heterocycles. The molecule has 1 amide bonds. The summed E-state index contributed by atoms with van der Waals surface area (Å²) in [6.07, 6.45) is 5.15. The minimum absolute atomic E-state index is 0.0396. The van der Waals surface area contributed by atoms with Crippen molar-refractivity contribution in [3.63, 3.8) is 0 Å². The number of carbonyl (C=O) groups excluding carboxylic acids is 1. The van der Waals surface area contributed by atoms with Gasteiger partial charge < -0.3 is 19.5 Å². The van der Waals surface area contributed by atoms with Gasteiger partial charge in [0, 0.05) is 42.9 Å². The molecule has 0 bridgehead atoms. The molecule has 4 rings (SSSR count). The molecule has 2 saturated heterocycles. The minimum atomic E-state index is -0.852. The molecule has 7 nitrogen and oxygen atoms in total. The highest BCUT2D eigenvalue weighted by atomic mass is 16.5. The van der Waals surface area contributed by atoms with Crippen LogP contribution in [0.4, 0.5) is 0 Å². The van der Waals surface area contributed by atoms with E-state index in [1.54, 1.807) is 23.2 Å². The van der Waals surface area contributed by atoms with Gasteiger partial charge in [-0.05, 0) is 31.7 Å². The van der Waals surface area contributed by atoms with Gasteiger partial charge in [-0.1, -0.05) is 0 Å². The van der Waals surface area contributed by atoms with E-state index in [2.05, 4.69) is 4.98 Å². The Bertz CT molecular complexity index is 675. The molecule has 1 saturated carbocycles. The Morgan fingerprint density at radius 1 is 1.32 bits per heavy atom. The lowest BCUT2D eigenvalue weighted by Gasteiger charge is -2.45. The quantitative estimate of drug-likeness (QED) is 0.890. The summed E-state index contributed by atoms with van der Waals surface area (Å²) in [6.45, 7) is 1.37. The molecule has 0 radical (unpaired) electrons. The zero-order chi connectivity index (χ0) is 17.4. The number of amides is 1. The van der Waals surface area contributed by atoms with Gasteiger partial charge in [0.05, 0.1) is 12.5 Å². The van der Waals surface area contributed by atoms with Gasteiger partial charge in [0.25, 0.3) is 5.91 Å². The number of ether oxygens (including phenoxy) is 2. The number of fused-ring (bicyclic) bond motifs is 1. The zero-order valence-electron chi connectivity index (χ0n) is 14.0. The molecular weight excluding hydrogens is 324 g/mol. The molecule has 0 unspecified atom stereocenters. The van der Waals surface area contributed by atoms with E-state index in [1.807, 2.05) is 0 Å². The lowest BCUT2D eigenvalue weighted by Crippen LogP contribution is -2.56. The Kier molecular flexibility index (Phi) is 4.33. The highest BCUT2D eigenvalue weighted by Crippen LogP contribution is 2.34. The third-order valence-corrected chi connectivity index (χ3v) is 5.24. The Morgan fingerprint density at radius 3 is 2.92 bits per heavy atom. The summed E-state index contributed by atoms with van der Waals surface area (Å²) < 4.78 is 11.2. The number of likely N-dealkylation sites (tertiary alicyclic amines) is 1. The monoisotopic (exact) mass is 346 g/mol. The summed E-state index contributed by atoms with van der Waals surface area (Å²) in [5, 5.41) is 9.44. The summed E-state index contributed by atoms with van der Waals surface area (Å²) in [7, 11) is 0. The molecule has 3 heterocycles. The van der Waals surface area contributed by atoms with Crippen molar-refractivity contribution in [3.05, 3.63) is 23.9 Å². The molecule has 3 atom stereocenters. The summed E-state index contributed by atoms with van der Waals surface area (Å²) in [5.41, 5.74) is 0.502. The van der Waals surface area contributed by atoms with Crippen molar-refractivity contribution in [2.45, 2.75) is 37.8 Å². The topological polar surface area (TPSA) is 89.0 Å². The number of carbonyl (C=O) groups is 2. The number of carboxylic acid groups (broad SMARTS) is 1. The Hall–Kier alpha value is -2.15. The number of piperidine rings is 1. The van der Waals surface area contributed by atoms with E-state index >= 15 is 0 Å². The first-order valence-electron chi connectivity index (χ1n) is 8.86. The number of nitrogens with zero attached hydrogens (tertiary/aromatic N) is 2. The van der Waals surface area contributed by atoms with Crippen LogP contribution in [0.1, 0.15) is 36.0 Å². The van der Waals surface area contributed by atoms with Gasteiger partial charge in [-0.2, -0.15) is 0 Å². The SMILES string of the molecule is O=C(O)[C@@H]1C[C@@H]2COCC[C@H]2N(C(=O)c2ccnc(OC3CC3)c2)C1. The number of hydrogen-bond donors (Lipinski definition) is 1. The fraction of sp³-hybridized carbons (Fsp3) is 0.611. The zero-order valence-corrected chi connectivity index (χ0v) is 14.0. The molecular formula is C18H22N2O5. The maximum atomic E-state index is 13.1. The average Bonchev–Trinajstić information content (AvgIpc) is 3.44. The second-order valence-electron chi connectivity index (χ2n) is 7.12. The van der Waals surface area contributed by atoms with Crippen molar-refractivity contribution in [2.75, 3.05) is 19.8 Å². The van der Waals surface area contributed by atoms with E-state index in [1.165, 1.54) is 0 Å². The number of pyridine rings is 1. The van der Waals surface area contributed by atoms with E-state index in [9.17, 15) is 14.7 Å². The standard InChI is InChI=1S/C18H22N2O5/c21-17(11-3-5-19-16(8-11)25-14-1-2-14)20-9-12(18(22)23)7-13-10-24-6-4-15(13)20/h3,5,8,12-15H,1-2,4,6-7,9-10H2,(H,22,23)/t12-,13-,15-/m1/s1. The van der Waals surface area contributed by atoms with Gasteiger partial charge in [0.1, 0.15) is 6.10 Å². The molecule has 3 fully saturated rings. The van der Waals surface area contributed by atoms with Crippen LogP contribution in [0.2, 0.25) is 0 Å². The summed E-state index contributed by atoms with van der Waals surface area (Å²) in [6, 6.07) is 3.37. The van der Waals surface area contributed by atoms with Crippen molar-refractivity contribution in [1.29, 1.82) is 0 Å². The Balaban J connectivity index is 1.56. The predicted molar refractivity (Wildman–Crippen MR) is 87.4 cm³/mol. The van der Waals surface area contributed by atoms with Crippen molar-refractivity contribution in [1.82, 2.24) is 9.88 Å². The van der Waals surface area contributed by atoms with Crippen LogP contribution in [0.5, 0.6) is 5.88 Å². The van der Waals surface area contributed by atoms with Crippen molar-refractivity contribution < 1.29 is 24.2 Å². The molecule has 1 N–H and O–H groups in total. The van der Waals surface area contributed by atoms with E-state index < -0.39 is 11.9 Å². The number of carboxylic acids is 1. The smallest absolute Gasteiger partial charge is 0.308 e. The maximum Gasteiger partial charge on any atom is 0.308 e. The molecule has 0 aromatic carbocycles. The minimum Gasteiger partial charge on any atom is -0.481 e. The van der Waals surface area contributed by atoms with Crippen LogP contribution in [-0.4, -0.2) is 58.8 Å². The molecule has 1 aromatic rings. The highest BCUT2D eigenvalue weighted by Gasteiger charge is 2.42. The third kappa shape index (κ3) is 3.46. The number of rotatable bonds is 4. The van der Waals surface area contributed by atoms with Gasteiger partial charge in [0.2, 0.25) is 5.88 Å². The Morgan fingerprint density at radius 2 is 2.16 bits per heavy atom. The van der Waals surface area contributed by atoms with Gasteiger partial charge in [-0.3, -0.25) is 9.59 Å². The maximum absolute atomic E-state index is 13.1. The van der Waals surface area contributed by atoms with Crippen LogP contribution in [0.3, 0.4) is 0 Å². The lowest BCUT2D eigenvalue weighted by molar-refractivity contribution is -0.146. The van der Waals surface area contributed by atoms with Crippen LogP contribution >= 0.6 is 0 Å². The number of aromatic nitrogens is 1. The summed E-state index contributed by atoms with van der Waals surface area (Å²) in [4.78, 5) is 30.5. The van der Waals surface area contributed by atoms with Gasteiger partial charge in [-0.15, -0.1) is 0 Å². The van der Waals surface area contributed by atoms with Crippen LogP contribution in [0, 0.1) is 11.8 Å². The van der Waals surface area contributed by atoms with E-state index in [-0.39, 0.29) is 30.5 Å².